The molecule has 0 spiro atoms. The third-order valence-corrected chi connectivity index (χ3v) is 5.05. The van der Waals surface area contributed by atoms with Crippen LogP contribution < -0.4 is 10.2 Å². The Morgan fingerprint density at radius 1 is 0.941 bits per heavy atom. The van der Waals surface area contributed by atoms with Gasteiger partial charge in [-0.1, -0.05) is 48.5 Å². The summed E-state index contributed by atoms with van der Waals surface area (Å²) in [5.41, 5.74) is 2.51. The van der Waals surface area contributed by atoms with Crippen LogP contribution in [0.4, 0.5) is 17.6 Å². The topological polar surface area (TPSA) is 50.7 Å². The van der Waals surface area contributed by atoms with Gasteiger partial charge in [0, 0.05) is 11.1 Å². The maximum absolute atomic E-state index is 13.1. The highest BCUT2D eigenvalue weighted by molar-refractivity contribution is 6.03. The van der Waals surface area contributed by atoms with Crippen molar-refractivity contribution in [3.63, 3.8) is 0 Å². The van der Waals surface area contributed by atoms with Gasteiger partial charge < -0.3 is 4.74 Å². The average Bonchev–Trinajstić information content (AvgIpc) is 2.83. The fraction of sp³-hybridized carbons (Fsp3) is 0.0769. The molecule has 0 saturated carbocycles. The van der Waals surface area contributed by atoms with Crippen LogP contribution in [0.1, 0.15) is 27.0 Å². The molecule has 8 heteroatoms. The Morgan fingerprint density at radius 2 is 1.71 bits per heavy atom. The van der Waals surface area contributed by atoms with Crippen LogP contribution in [0, 0.1) is 5.82 Å². The second-order valence-corrected chi connectivity index (χ2v) is 7.39. The van der Waals surface area contributed by atoms with Crippen LogP contribution in [-0.4, -0.2) is 12.1 Å². The van der Waals surface area contributed by atoms with Gasteiger partial charge in [-0.05, 0) is 52.7 Å². The summed E-state index contributed by atoms with van der Waals surface area (Å²) in [6, 6.07) is 21.1. The number of hydrazone groups is 1. The second-order valence-electron chi connectivity index (χ2n) is 7.39. The number of hydrogen-bond acceptors (Lipinski definition) is 3. The molecule has 0 aromatic heterocycles. The minimum Gasteiger partial charge on any atom is -0.488 e. The molecule has 0 saturated heterocycles. The first kappa shape index (κ1) is 23.0. The van der Waals surface area contributed by atoms with E-state index in [-0.39, 0.29) is 18.0 Å². The molecule has 172 valence electrons. The van der Waals surface area contributed by atoms with Crippen molar-refractivity contribution >= 4 is 22.9 Å². The summed E-state index contributed by atoms with van der Waals surface area (Å²) in [6.07, 6.45) is -3.17. The Hall–Kier alpha value is -4.20. The zero-order chi connectivity index (χ0) is 24.1. The smallest absolute Gasteiger partial charge is 0.416 e. The molecule has 0 aliphatic carbocycles. The summed E-state index contributed by atoms with van der Waals surface area (Å²) in [4.78, 5) is 12.3. The molecule has 1 N–H and O–H groups in total. The number of carbonyl (C=O) groups excluding carboxylic acids is 1. The normalized spacial score (nSPS) is 11.6. The highest BCUT2D eigenvalue weighted by Gasteiger charge is 2.30. The van der Waals surface area contributed by atoms with E-state index in [4.69, 9.17) is 4.74 Å². The first-order chi connectivity index (χ1) is 16.3. The minimum atomic E-state index is -4.56. The van der Waals surface area contributed by atoms with Crippen molar-refractivity contribution in [2.24, 2.45) is 5.10 Å². The maximum Gasteiger partial charge on any atom is 0.416 e. The van der Waals surface area contributed by atoms with Crippen LogP contribution in [-0.2, 0) is 12.8 Å². The van der Waals surface area contributed by atoms with E-state index in [1.807, 2.05) is 30.3 Å². The number of alkyl halides is 3. The Kier molecular flexibility index (Phi) is 6.58. The average molecular weight is 466 g/mol. The molecule has 0 radical (unpaired) electrons. The number of hydrogen-bond donors (Lipinski definition) is 1. The van der Waals surface area contributed by atoms with E-state index in [1.165, 1.54) is 24.4 Å². The van der Waals surface area contributed by atoms with Gasteiger partial charge in [0.15, 0.2) is 0 Å². The number of nitrogens with one attached hydrogen (secondary N) is 1. The molecule has 4 nitrogen and oxygen atoms in total. The van der Waals surface area contributed by atoms with Gasteiger partial charge in [0.2, 0.25) is 0 Å². The third-order valence-electron chi connectivity index (χ3n) is 5.05. The highest BCUT2D eigenvalue weighted by atomic mass is 19.4. The molecule has 0 unspecified atom stereocenters. The molecule has 0 fully saturated rings. The Morgan fingerprint density at radius 3 is 2.47 bits per heavy atom. The summed E-state index contributed by atoms with van der Waals surface area (Å²) in [6.45, 7) is 0.177. The van der Waals surface area contributed by atoms with Crippen molar-refractivity contribution < 1.29 is 27.1 Å². The van der Waals surface area contributed by atoms with Crippen LogP contribution >= 0.6 is 0 Å². The predicted octanol–water partition coefficient (Wildman–Crippen LogP) is 6.34. The number of fused-ring (bicyclic) bond motifs is 1. The molecular formula is C26H18F4N2O2. The number of nitrogens with zero attached hydrogens (tertiary/aromatic N) is 1. The Bertz CT molecular complexity index is 1350. The lowest BCUT2D eigenvalue weighted by Crippen LogP contribution is -2.18. The van der Waals surface area contributed by atoms with E-state index in [9.17, 15) is 22.4 Å². The Balaban J connectivity index is 1.57. The number of rotatable bonds is 6. The van der Waals surface area contributed by atoms with Gasteiger partial charge in [-0.25, -0.2) is 9.82 Å². The minimum absolute atomic E-state index is 0.169. The van der Waals surface area contributed by atoms with Crippen LogP contribution in [0.25, 0.3) is 10.8 Å². The van der Waals surface area contributed by atoms with Crippen molar-refractivity contribution in [2.75, 3.05) is 0 Å². The van der Waals surface area contributed by atoms with Crippen molar-refractivity contribution in [2.45, 2.75) is 12.8 Å². The number of ether oxygens (including phenoxy) is 1. The van der Waals surface area contributed by atoms with E-state index in [0.717, 1.165) is 34.5 Å². The molecule has 0 bridgehead atoms. The van der Waals surface area contributed by atoms with Gasteiger partial charge in [-0.2, -0.15) is 18.3 Å². The van der Waals surface area contributed by atoms with Crippen LogP contribution in [0.3, 0.4) is 0 Å². The van der Waals surface area contributed by atoms with E-state index >= 15 is 0 Å². The van der Waals surface area contributed by atoms with Gasteiger partial charge in [0.25, 0.3) is 5.91 Å². The molecule has 34 heavy (non-hydrogen) atoms. The molecular weight excluding hydrogens is 448 g/mol. The molecule has 0 heterocycles. The maximum atomic E-state index is 13.1. The third kappa shape index (κ3) is 5.40. The monoisotopic (exact) mass is 466 g/mol. The lowest BCUT2D eigenvalue weighted by Gasteiger charge is -2.12. The number of halogens is 4. The molecule has 4 aromatic carbocycles. The first-order valence-corrected chi connectivity index (χ1v) is 10.2. The molecule has 4 rings (SSSR count). The van der Waals surface area contributed by atoms with E-state index in [0.29, 0.717) is 11.3 Å². The standard InChI is InChI=1S/C26H18F4N2O2/c27-21-11-8-17(9-12-21)16-34-24-13-10-18-4-1-2-7-22(18)23(24)15-31-32-25(33)19-5-3-6-20(14-19)26(28,29)30/h1-15H,16H2,(H,32,33)/b31-15+. The lowest BCUT2D eigenvalue weighted by molar-refractivity contribution is -0.137. The molecule has 1 amide bonds. The second kappa shape index (κ2) is 9.74. The summed E-state index contributed by atoms with van der Waals surface area (Å²) >= 11 is 0. The molecule has 0 aliphatic heterocycles. The lowest BCUT2D eigenvalue weighted by atomic mass is 10.0. The summed E-state index contributed by atoms with van der Waals surface area (Å²) < 4.78 is 57.8. The van der Waals surface area contributed by atoms with Crippen LogP contribution in [0.5, 0.6) is 5.75 Å². The zero-order valence-electron chi connectivity index (χ0n) is 17.6. The van der Waals surface area contributed by atoms with Crippen molar-refractivity contribution in [3.05, 3.63) is 113 Å². The Labute approximate surface area is 192 Å². The predicted molar refractivity (Wildman–Crippen MR) is 121 cm³/mol. The quantitative estimate of drug-likeness (QED) is 0.205. The molecule has 0 atom stereocenters. The number of benzene rings is 4. The van der Waals surface area contributed by atoms with Crippen molar-refractivity contribution in [3.8, 4) is 5.75 Å². The van der Waals surface area contributed by atoms with E-state index in [1.54, 1.807) is 18.2 Å². The fourth-order valence-electron chi connectivity index (χ4n) is 3.33. The molecule has 0 aliphatic rings. The SMILES string of the molecule is O=C(N/N=C/c1c(OCc2ccc(F)cc2)ccc2ccccc12)c1cccc(C(F)(F)F)c1. The van der Waals surface area contributed by atoms with E-state index < -0.39 is 17.6 Å². The van der Waals surface area contributed by atoms with Crippen LogP contribution in [0.2, 0.25) is 0 Å². The number of amides is 1. The van der Waals surface area contributed by atoms with Gasteiger partial charge in [0.05, 0.1) is 11.8 Å². The van der Waals surface area contributed by atoms with Gasteiger partial charge >= 0.3 is 6.18 Å². The van der Waals surface area contributed by atoms with Crippen molar-refractivity contribution in [1.29, 1.82) is 0 Å². The highest BCUT2D eigenvalue weighted by Crippen LogP contribution is 2.30. The van der Waals surface area contributed by atoms with Gasteiger partial charge in [-0.3, -0.25) is 4.79 Å². The molecule has 4 aromatic rings. The number of carbonyl (C=O) groups is 1. The van der Waals surface area contributed by atoms with Crippen molar-refractivity contribution in [1.82, 2.24) is 5.43 Å². The van der Waals surface area contributed by atoms with Gasteiger partial charge in [-0.15, -0.1) is 0 Å². The van der Waals surface area contributed by atoms with E-state index in [2.05, 4.69) is 10.5 Å². The first-order valence-electron chi connectivity index (χ1n) is 10.2. The summed E-state index contributed by atoms with van der Waals surface area (Å²) in [5, 5.41) is 5.66. The zero-order valence-corrected chi connectivity index (χ0v) is 17.6. The largest absolute Gasteiger partial charge is 0.488 e. The fourth-order valence-corrected chi connectivity index (χ4v) is 3.33. The summed E-state index contributed by atoms with van der Waals surface area (Å²) in [5.74, 6) is -0.657. The van der Waals surface area contributed by atoms with Gasteiger partial charge in [0.1, 0.15) is 18.2 Å². The summed E-state index contributed by atoms with van der Waals surface area (Å²) in [7, 11) is 0. The van der Waals surface area contributed by atoms with Crippen LogP contribution in [0.15, 0.2) is 90.0 Å².